The summed E-state index contributed by atoms with van der Waals surface area (Å²) in [6.45, 7) is 3.16. The third-order valence-electron chi connectivity index (χ3n) is 2.17. The molecule has 6 heteroatoms. The lowest BCUT2D eigenvalue weighted by atomic mass is 10.2. The second-order valence-corrected chi connectivity index (χ2v) is 3.71. The minimum atomic E-state index is -1.01. The van der Waals surface area contributed by atoms with Crippen LogP contribution in [0.25, 0.3) is 0 Å². The molecule has 1 rings (SSSR count). The van der Waals surface area contributed by atoms with E-state index in [9.17, 15) is 14.9 Å². The van der Waals surface area contributed by atoms with Crippen LogP contribution in [0.4, 0.5) is 5.69 Å². The number of nitrogens with zero attached hydrogens (tertiary/aromatic N) is 1. The van der Waals surface area contributed by atoms with Crippen molar-refractivity contribution >= 4 is 11.7 Å². The smallest absolute Gasteiger partial charge is 0.313 e. The molecule has 0 heterocycles. The van der Waals surface area contributed by atoms with Crippen LogP contribution in [0.2, 0.25) is 0 Å². The Morgan fingerprint density at radius 2 is 2.24 bits per heavy atom. The highest BCUT2D eigenvalue weighted by Gasteiger charge is 2.20. The number of carboxylic acid groups (broad SMARTS) is 1. The minimum absolute atomic E-state index is 0.101. The first kappa shape index (κ1) is 13.0. The number of para-hydroxylation sites is 1. The first-order valence-electron chi connectivity index (χ1n) is 5.04. The second-order valence-electron chi connectivity index (χ2n) is 3.71. The third kappa shape index (κ3) is 3.44. The van der Waals surface area contributed by atoms with E-state index in [1.807, 2.05) is 0 Å². The van der Waals surface area contributed by atoms with Crippen molar-refractivity contribution in [3.63, 3.8) is 0 Å². The number of nitro groups is 1. The standard InChI is InChI=1S/C11H13NO5/c1-7-4-3-5-9(11(7)12(15)16)17-8(2)6-10(13)14/h3-5,8H,6H2,1-2H3,(H,13,14). The van der Waals surface area contributed by atoms with Crippen molar-refractivity contribution in [2.24, 2.45) is 0 Å². The van der Waals surface area contributed by atoms with Gasteiger partial charge in [0.05, 0.1) is 11.3 Å². The maximum atomic E-state index is 10.9. The summed E-state index contributed by atoms with van der Waals surface area (Å²) in [5.74, 6) is -0.906. The number of rotatable bonds is 5. The highest BCUT2D eigenvalue weighted by atomic mass is 16.6. The summed E-state index contributed by atoms with van der Waals surface area (Å²) < 4.78 is 5.28. The van der Waals surface area contributed by atoms with E-state index in [-0.39, 0.29) is 17.9 Å². The number of hydrogen-bond acceptors (Lipinski definition) is 4. The lowest BCUT2D eigenvalue weighted by molar-refractivity contribution is -0.386. The Hall–Kier alpha value is -2.11. The highest BCUT2D eigenvalue weighted by Crippen LogP contribution is 2.31. The van der Waals surface area contributed by atoms with Gasteiger partial charge in [-0.25, -0.2) is 0 Å². The van der Waals surface area contributed by atoms with Gasteiger partial charge in [-0.2, -0.15) is 0 Å². The number of ether oxygens (including phenoxy) is 1. The molecule has 0 aliphatic carbocycles. The molecule has 1 N–H and O–H groups in total. The van der Waals surface area contributed by atoms with E-state index in [1.165, 1.54) is 6.07 Å². The fraction of sp³-hybridized carbons (Fsp3) is 0.364. The molecule has 6 nitrogen and oxygen atoms in total. The van der Waals surface area contributed by atoms with E-state index in [2.05, 4.69) is 0 Å². The van der Waals surface area contributed by atoms with E-state index in [0.29, 0.717) is 5.56 Å². The van der Waals surface area contributed by atoms with Crippen LogP contribution in [0.15, 0.2) is 18.2 Å². The molecule has 1 unspecified atom stereocenters. The molecule has 0 saturated carbocycles. The van der Waals surface area contributed by atoms with Gasteiger partial charge in [-0.15, -0.1) is 0 Å². The van der Waals surface area contributed by atoms with Gasteiger partial charge < -0.3 is 9.84 Å². The molecule has 0 spiro atoms. The van der Waals surface area contributed by atoms with Crippen LogP contribution in [-0.2, 0) is 4.79 Å². The predicted molar refractivity (Wildman–Crippen MR) is 60.2 cm³/mol. The van der Waals surface area contributed by atoms with Gasteiger partial charge in [0.15, 0.2) is 5.75 Å². The van der Waals surface area contributed by atoms with E-state index in [1.54, 1.807) is 26.0 Å². The summed E-state index contributed by atoms with van der Waals surface area (Å²) in [5, 5.41) is 19.4. The van der Waals surface area contributed by atoms with E-state index < -0.39 is 17.0 Å². The Balaban J connectivity index is 2.94. The van der Waals surface area contributed by atoms with Gasteiger partial charge in [0.25, 0.3) is 0 Å². The van der Waals surface area contributed by atoms with Crippen molar-refractivity contribution in [2.75, 3.05) is 0 Å². The van der Waals surface area contributed by atoms with Crippen molar-refractivity contribution < 1.29 is 19.6 Å². The van der Waals surface area contributed by atoms with Gasteiger partial charge in [0, 0.05) is 5.56 Å². The van der Waals surface area contributed by atoms with Crippen molar-refractivity contribution in [2.45, 2.75) is 26.4 Å². The van der Waals surface area contributed by atoms with Crippen LogP contribution in [0.3, 0.4) is 0 Å². The van der Waals surface area contributed by atoms with Crippen LogP contribution in [0, 0.1) is 17.0 Å². The molecule has 0 amide bonds. The molecule has 0 aliphatic rings. The van der Waals surface area contributed by atoms with Crippen LogP contribution in [0.5, 0.6) is 5.75 Å². The summed E-state index contributed by atoms with van der Waals surface area (Å²) in [5.41, 5.74) is 0.361. The average Bonchev–Trinajstić information content (AvgIpc) is 2.15. The minimum Gasteiger partial charge on any atom is -0.483 e. The zero-order chi connectivity index (χ0) is 13.0. The Morgan fingerprint density at radius 3 is 2.76 bits per heavy atom. The van der Waals surface area contributed by atoms with Gasteiger partial charge in [0.2, 0.25) is 0 Å². The predicted octanol–water partition coefficient (Wildman–Crippen LogP) is 2.15. The number of aryl methyl sites for hydroxylation is 1. The van der Waals surface area contributed by atoms with E-state index in [4.69, 9.17) is 9.84 Å². The lowest BCUT2D eigenvalue weighted by Crippen LogP contribution is -2.17. The van der Waals surface area contributed by atoms with Crippen molar-refractivity contribution in [1.29, 1.82) is 0 Å². The van der Waals surface area contributed by atoms with Crippen molar-refractivity contribution in [1.82, 2.24) is 0 Å². The molecule has 0 fully saturated rings. The van der Waals surface area contributed by atoms with Gasteiger partial charge in [-0.3, -0.25) is 14.9 Å². The Labute approximate surface area is 98.0 Å². The average molecular weight is 239 g/mol. The van der Waals surface area contributed by atoms with Gasteiger partial charge in [0.1, 0.15) is 6.10 Å². The first-order chi connectivity index (χ1) is 7.91. The zero-order valence-corrected chi connectivity index (χ0v) is 9.54. The van der Waals surface area contributed by atoms with E-state index in [0.717, 1.165) is 0 Å². The second kappa shape index (κ2) is 5.29. The Kier molecular flexibility index (Phi) is 4.03. The zero-order valence-electron chi connectivity index (χ0n) is 9.54. The summed E-state index contributed by atoms with van der Waals surface area (Å²) in [4.78, 5) is 20.8. The monoisotopic (exact) mass is 239 g/mol. The molecule has 92 valence electrons. The van der Waals surface area contributed by atoms with Gasteiger partial charge >= 0.3 is 11.7 Å². The summed E-state index contributed by atoms with van der Waals surface area (Å²) in [7, 11) is 0. The normalized spacial score (nSPS) is 11.9. The number of nitro benzene ring substituents is 1. The molecule has 1 atom stereocenters. The molecule has 0 radical (unpaired) electrons. The molecular weight excluding hydrogens is 226 g/mol. The van der Waals surface area contributed by atoms with Crippen LogP contribution >= 0.6 is 0 Å². The number of carbonyl (C=O) groups is 1. The molecular formula is C11H13NO5. The Bertz CT molecular complexity index is 443. The summed E-state index contributed by atoms with van der Waals surface area (Å²) in [6.07, 6.45) is -0.821. The first-order valence-corrected chi connectivity index (χ1v) is 5.04. The largest absolute Gasteiger partial charge is 0.483 e. The topological polar surface area (TPSA) is 89.7 Å². The van der Waals surface area contributed by atoms with E-state index >= 15 is 0 Å². The van der Waals surface area contributed by atoms with Crippen molar-refractivity contribution in [3.05, 3.63) is 33.9 Å². The molecule has 0 saturated heterocycles. The van der Waals surface area contributed by atoms with Gasteiger partial charge in [-0.05, 0) is 19.9 Å². The number of carboxylic acids is 1. The number of hydrogen-bond donors (Lipinski definition) is 1. The van der Waals surface area contributed by atoms with Crippen LogP contribution < -0.4 is 4.74 Å². The third-order valence-corrected chi connectivity index (χ3v) is 2.17. The lowest BCUT2D eigenvalue weighted by Gasteiger charge is -2.13. The number of benzene rings is 1. The maximum absolute atomic E-state index is 10.9. The SMILES string of the molecule is Cc1cccc(OC(C)CC(=O)O)c1[N+](=O)[O-]. The van der Waals surface area contributed by atoms with Crippen molar-refractivity contribution in [3.8, 4) is 5.75 Å². The van der Waals surface area contributed by atoms with Crippen LogP contribution in [0.1, 0.15) is 18.9 Å². The quantitative estimate of drug-likeness (QED) is 0.628. The Morgan fingerprint density at radius 1 is 1.59 bits per heavy atom. The molecule has 0 aromatic heterocycles. The molecule has 0 bridgehead atoms. The van der Waals surface area contributed by atoms with Crippen LogP contribution in [-0.4, -0.2) is 22.1 Å². The summed E-state index contributed by atoms with van der Waals surface area (Å²) in [6, 6.07) is 4.70. The molecule has 1 aromatic rings. The molecule has 17 heavy (non-hydrogen) atoms. The van der Waals surface area contributed by atoms with Gasteiger partial charge in [-0.1, -0.05) is 12.1 Å². The number of aliphatic carboxylic acids is 1. The molecule has 1 aromatic carbocycles. The summed E-state index contributed by atoms with van der Waals surface area (Å²) >= 11 is 0. The fourth-order valence-electron chi connectivity index (χ4n) is 1.47. The maximum Gasteiger partial charge on any atom is 0.313 e. The highest BCUT2D eigenvalue weighted by molar-refractivity contribution is 5.67. The fourth-order valence-corrected chi connectivity index (χ4v) is 1.47. The molecule has 0 aliphatic heterocycles.